The van der Waals surface area contributed by atoms with Crippen molar-refractivity contribution in [2.24, 2.45) is 5.92 Å². The molecule has 1 saturated heterocycles. The Morgan fingerprint density at radius 1 is 1.14 bits per heavy atom. The molecule has 1 aliphatic rings. The predicted octanol–water partition coefficient (Wildman–Crippen LogP) is 1.07. The molecule has 28 heavy (non-hydrogen) atoms. The van der Waals surface area contributed by atoms with Crippen molar-refractivity contribution in [2.75, 3.05) is 31.1 Å². The SMILES string of the molecule is Nc1nccnc1C(=O)NCC1CCN(S(=O)(=O)CCc2ccccc2)CC1. The number of amides is 1. The van der Waals surface area contributed by atoms with E-state index >= 15 is 0 Å². The number of piperidine rings is 1. The second-order valence-electron chi connectivity index (χ2n) is 6.89. The molecule has 1 aliphatic heterocycles. The number of rotatable bonds is 7. The fourth-order valence-corrected chi connectivity index (χ4v) is 4.78. The number of nitrogen functional groups attached to an aromatic ring is 1. The first kappa shape index (κ1) is 20.2. The van der Waals surface area contributed by atoms with Crippen LogP contribution in [-0.2, 0) is 16.4 Å². The van der Waals surface area contributed by atoms with Crippen LogP contribution in [0.5, 0.6) is 0 Å². The zero-order valence-corrected chi connectivity index (χ0v) is 16.4. The van der Waals surface area contributed by atoms with Gasteiger partial charge in [0.05, 0.1) is 5.75 Å². The number of carbonyl (C=O) groups is 1. The molecule has 0 spiro atoms. The van der Waals surface area contributed by atoms with Crippen molar-refractivity contribution >= 4 is 21.7 Å². The molecule has 0 atom stereocenters. The number of carbonyl (C=O) groups excluding carboxylic acids is 1. The number of sulfonamides is 1. The first-order valence-corrected chi connectivity index (χ1v) is 10.9. The summed E-state index contributed by atoms with van der Waals surface area (Å²) in [6.45, 7) is 1.42. The lowest BCUT2D eigenvalue weighted by atomic mass is 9.98. The fourth-order valence-electron chi connectivity index (χ4n) is 3.26. The molecule has 9 heteroatoms. The van der Waals surface area contributed by atoms with E-state index in [9.17, 15) is 13.2 Å². The molecular formula is C19H25N5O3S. The Kier molecular flexibility index (Phi) is 6.58. The summed E-state index contributed by atoms with van der Waals surface area (Å²) >= 11 is 0. The summed E-state index contributed by atoms with van der Waals surface area (Å²) in [7, 11) is -3.27. The minimum absolute atomic E-state index is 0.0966. The average molecular weight is 404 g/mol. The highest BCUT2D eigenvalue weighted by atomic mass is 32.2. The molecule has 0 aliphatic carbocycles. The van der Waals surface area contributed by atoms with Crippen molar-refractivity contribution in [1.29, 1.82) is 0 Å². The van der Waals surface area contributed by atoms with Gasteiger partial charge in [-0.1, -0.05) is 30.3 Å². The smallest absolute Gasteiger partial charge is 0.273 e. The van der Waals surface area contributed by atoms with Gasteiger partial charge in [-0.25, -0.2) is 22.7 Å². The summed E-state index contributed by atoms with van der Waals surface area (Å²) in [4.78, 5) is 19.9. The lowest BCUT2D eigenvalue weighted by Crippen LogP contribution is -2.42. The molecule has 1 amide bonds. The molecule has 150 valence electrons. The number of anilines is 1. The molecule has 0 bridgehead atoms. The number of nitrogens with one attached hydrogen (secondary N) is 1. The third-order valence-corrected chi connectivity index (χ3v) is 6.82. The van der Waals surface area contributed by atoms with Gasteiger partial charge in [0.15, 0.2) is 11.5 Å². The van der Waals surface area contributed by atoms with Gasteiger partial charge < -0.3 is 11.1 Å². The number of nitrogens with two attached hydrogens (primary N) is 1. The van der Waals surface area contributed by atoms with Gasteiger partial charge in [-0.05, 0) is 30.7 Å². The van der Waals surface area contributed by atoms with Crippen LogP contribution in [0.4, 0.5) is 5.82 Å². The van der Waals surface area contributed by atoms with Gasteiger partial charge >= 0.3 is 0 Å². The first-order valence-electron chi connectivity index (χ1n) is 9.32. The molecule has 3 rings (SSSR count). The minimum atomic E-state index is -3.27. The zero-order chi connectivity index (χ0) is 20.0. The second kappa shape index (κ2) is 9.11. The maximum atomic E-state index is 12.6. The molecule has 1 fully saturated rings. The van der Waals surface area contributed by atoms with Crippen molar-refractivity contribution in [1.82, 2.24) is 19.6 Å². The number of hydrogen-bond donors (Lipinski definition) is 2. The van der Waals surface area contributed by atoms with Crippen LogP contribution in [-0.4, -0.2) is 54.0 Å². The molecule has 2 aromatic rings. The van der Waals surface area contributed by atoms with Crippen LogP contribution in [0.15, 0.2) is 42.7 Å². The second-order valence-corrected chi connectivity index (χ2v) is 8.98. The summed E-state index contributed by atoms with van der Waals surface area (Å²) in [5.41, 5.74) is 6.79. The molecule has 1 aromatic carbocycles. The van der Waals surface area contributed by atoms with E-state index in [1.54, 1.807) is 4.31 Å². The van der Waals surface area contributed by atoms with E-state index in [0.29, 0.717) is 38.9 Å². The first-order chi connectivity index (χ1) is 13.5. The summed E-state index contributed by atoms with van der Waals surface area (Å²) in [6.07, 6.45) is 4.78. The molecule has 3 N–H and O–H groups in total. The number of benzene rings is 1. The van der Waals surface area contributed by atoms with Gasteiger partial charge in [0, 0.05) is 32.0 Å². The average Bonchev–Trinajstić information content (AvgIpc) is 2.72. The van der Waals surface area contributed by atoms with Crippen LogP contribution in [0.2, 0.25) is 0 Å². The van der Waals surface area contributed by atoms with Crippen LogP contribution in [0.1, 0.15) is 28.9 Å². The number of hydrogen-bond acceptors (Lipinski definition) is 6. The monoisotopic (exact) mass is 403 g/mol. The van der Waals surface area contributed by atoms with Gasteiger partial charge in [0.25, 0.3) is 5.91 Å². The molecule has 1 aromatic heterocycles. The van der Waals surface area contributed by atoms with Gasteiger partial charge in [-0.3, -0.25) is 4.79 Å². The summed E-state index contributed by atoms with van der Waals surface area (Å²) in [5.74, 6) is 0.0786. The van der Waals surface area contributed by atoms with E-state index in [0.717, 1.165) is 5.56 Å². The Labute approximate surface area is 165 Å². The Morgan fingerprint density at radius 3 is 2.50 bits per heavy atom. The van der Waals surface area contributed by atoms with Gasteiger partial charge in [0.1, 0.15) is 0 Å². The van der Waals surface area contributed by atoms with Crippen LogP contribution in [0.25, 0.3) is 0 Å². The molecular weight excluding hydrogens is 378 g/mol. The van der Waals surface area contributed by atoms with E-state index in [1.165, 1.54) is 12.4 Å². The van der Waals surface area contributed by atoms with Crippen molar-refractivity contribution in [3.8, 4) is 0 Å². The Bertz CT molecular complexity index is 897. The van der Waals surface area contributed by atoms with Crippen molar-refractivity contribution in [2.45, 2.75) is 19.3 Å². The van der Waals surface area contributed by atoms with Crippen LogP contribution < -0.4 is 11.1 Å². The van der Waals surface area contributed by atoms with Crippen LogP contribution in [0, 0.1) is 5.92 Å². The number of nitrogens with zero attached hydrogens (tertiary/aromatic N) is 3. The van der Waals surface area contributed by atoms with Crippen molar-refractivity contribution in [3.05, 3.63) is 54.0 Å². The largest absolute Gasteiger partial charge is 0.382 e. The normalized spacial score (nSPS) is 16.0. The predicted molar refractivity (Wildman–Crippen MR) is 107 cm³/mol. The van der Waals surface area contributed by atoms with E-state index in [1.807, 2.05) is 30.3 Å². The maximum absolute atomic E-state index is 12.6. The maximum Gasteiger partial charge on any atom is 0.273 e. The lowest BCUT2D eigenvalue weighted by molar-refractivity contribution is 0.0937. The van der Waals surface area contributed by atoms with E-state index in [-0.39, 0.29) is 29.1 Å². The van der Waals surface area contributed by atoms with E-state index < -0.39 is 10.0 Å². The summed E-state index contributed by atoms with van der Waals surface area (Å²) in [5, 5.41) is 2.82. The third-order valence-electron chi connectivity index (χ3n) is 4.95. The van der Waals surface area contributed by atoms with Gasteiger partial charge in [-0.15, -0.1) is 0 Å². The molecule has 8 nitrogen and oxygen atoms in total. The van der Waals surface area contributed by atoms with Crippen LogP contribution >= 0.6 is 0 Å². The van der Waals surface area contributed by atoms with Crippen LogP contribution in [0.3, 0.4) is 0 Å². The highest BCUT2D eigenvalue weighted by Gasteiger charge is 2.28. The molecule has 0 radical (unpaired) electrons. The minimum Gasteiger partial charge on any atom is -0.382 e. The topological polar surface area (TPSA) is 118 Å². The van der Waals surface area contributed by atoms with Crippen molar-refractivity contribution < 1.29 is 13.2 Å². The number of aryl methyl sites for hydroxylation is 1. The summed E-state index contributed by atoms with van der Waals surface area (Å²) < 4.78 is 26.7. The molecule has 0 unspecified atom stereocenters. The van der Waals surface area contributed by atoms with E-state index in [4.69, 9.17) is 5.73 Å². The van der Waals surface area contributed by atoms with Gasteiger partial charge in [0.2, 0.25) is 10.0 Å². The lowest BCUT2D eigenvalue weighted by Gasteiger charge is -2.31. The number of aromatic nitrogens is 2. The Hall–Kier alpha value is -2.52. The Balaban J connectivity index is 1.45. The third kappa shape index (κ3) is 5.26. The molecule has 2 heterocycles. The van der Waals surface area contributed by atoms with Gasteiger partial charge in [-0.2, -0.15) is 0 Å². The summed E-state index contributed by atoms with van der Waals surface area (Å²) in [6, 6.07) is 9.62. The van der Waals surface area contributed by atoms with Crippen molar-refractivity contribution in [3.63, 3.8) is 0 Å². The highest BCUT2D eigenvalue weighted by Crippen LogP contribution is 2.20. The molecule has 0 saturated carbocycles. The van der Waals surface area contributed by atoms with E-state index in [2.05, 4.69) is 15.3 Å². The fraction of sp³-hybridized carbons (Fsp3) is 0.421. The quantitative estimate of drug-likeness (QED) is 0.714. The standard InChI is InChI=1S/C19H25N5O3S/c20-18-17(21-9-10-22-18)19(25)23-14-16-6-11-24(12-7-16)28(26,27)13-8-15-4-2-1-3-5-15/h1-5,9-10,16H,6-8,11-14H2,(H2,20,22)(H,23,25). The highest BCUT2D eigenvalue weighted by molar-refractivity contribution is 7.89. The Morgan fingerprint density at radius 2 is 1.82 bits per heavy atom. The zero-order valence-electron chi connectivity index (χ0n) is 15.6.